The van der Waals surface area contributed by atoms with Crippen LogP contribution in [-0.4, -0.2) is 99.5 Å². The fourth-order valence-electron chi connectivity index (χ4n) is 6.72. The van der Waals surface area contributed by atoms with Gasteiger partial charge in [0, 0.05) is 70.3 Å². The Kier molecular flexibility index (Phi) is 16.5. The van der Waals surface area contributed by atoms with Gasteiger partial charge < -0.3 is 49.2 Å². The maximum Gasteiger partial charge on any atom is 0.490 e. The van der Waals surface area contributed by atoms with E-state index in [1.807, 2.05) is 65.8 Å². The molecule has 7 N–H and O–H groups in total. The van der Waals surface area contributed by atoms with Gasteiger partial charge in [-0.15, -0.1) is 0 Å². The lowest BCUT2D eigenvalue weighted by Crippen LogP contribution is -2.36. The molecule has 62 heavy (non-hydrogen) atoms. The van der Waals surface area contributed by atoms with Gasteiger partial charge in [-0.2, -0.15) is 8.62 Å². The number of nitrogens with zero attached hydrogens (tertiary/aromatic N) is 1. The number of benzene rings is 3. The summed E-state index contributed by atoms with van der Waals surface area (Å²) in [5.74, 6) is -1.04. The Bertz CT molecular complexity index is 2500. The summed E-state index contributed by atoms with van der Waals surface area (Å²) in [5.41, 5.74) is 5.15. The molecular formula is C37H49BN3O16P3S2. The molecule has 19 nitrogen and oxygen atoms in total. The zero-order valence-corrected chi connectivity index (χ0v) is 39.2. The highest BCUT2D eigenvalue weighted by Gasteiger charge is 2.42. The number of hydrogen-bond acceptors (Lipinski definition) is 15. The first-order valence-corrected chi connectivity index (χ1v) is 26.0. The fraction of sp³-hybridized carbons (Fsp3) is 0.432. The van der Waals surface area contributed by atoms with E-state index in [1.54, 1.807) is 20.0 Å². The van der Waals surface area contributed by atoms with E-state index in [0.29, 0.717) is 52.9 Å². The summed E-state index contributed by atoms with van der Waals surface area (Å²) in [4.78, 5) is 67.7. The third kappa shape index (κ3) is 13.3. The number of rotatable bonds is 20. The smallest absolute Gasteiger partial charge is 0.478 e. The molecule has 0 aromatic heterocycles. The van der Waals surface area contributed by atoms with E-state index in [9.17, 15) is 38.2 Å². The predicted octanol–water partition coefficient (Wildman–Crippen LogP) is 6.20. The Hall–Kier alpha value is -3.04. The second kappa shape index (κ2) is 20.4. The number of nitrogens with one attached hydrogen (secondary N) is 2. The number of amides is 1. The molecule has 25 heteroatoms. The van der Waals surface area contributed by atoms with Crippen molar-refractivity contribution in [3.63, 3.8) is 0 Å². The van der Waals surface area contributed by atoms with Crippen molar-refractivity contribution in [1.29, 1.82) is 0 Å². The monoisotopic (exact) mass is 959 g/mol. The molecule has 5 atom stereocenters. The first kappa shape index (κ1) is 50.0. The molecule has 2 heterocycles. The lowest BCUT2D eigenvalue weighted by molar-refractivity contribution is -0.0237. The maximum absolute atomic E-state index is 13.5. The first-order chi connectivity index (χ1) is 28.9. The summed E-state index contributed by atoms with van der Waals surface area (Å²) in [5, 5.41) is 18.3. The quantitative estimate of drug-likeness (QED) is 0.0130. The van der Waals surface area contributed by atoms with E-state index in [4.69, 9.17) is 28.2 Å². The van der Waals surface area contributed by atoms with Crippen molar-refractivity contribution >= 4 is 81.4 Å². The predicted molar refractivity (Wildman–Crippen MR) is 238 cm³/mol. The minimum Gasteiger partial charge on any atom is -0.478 e. The fourth-order valence-corrected chi connectivity index (χ4v) is 11.9. The molecule has 2 aliphatic heterocycles. The normalized spacial score (nSPS) is 19.4. The van der Waals surface area contributed by atoms with Crippen LogP contribution in [-0.2, 0) is 36.3 Å². The highest BCUT2D eigenvalue weighted by Crippen LogP contribution is 2.66. The number of anilines is 1. The number of ether oxygens (including phenoxy) is 2. The second-order valence-corrected chi connectivity index (χ2v) is 22.3. The van der Waals surface area contributed by atoms with Crippen molar-refractivity contribution in [3.05, 3.63) is 70.1 Å². The zero-order valence-electron chi connectivity index (χ0n) is 34.8. The first-order valence-electron chi connectivity index (χ1n) is 19.2. The SMILES string of the molecule is B[C@H]1C[C@@H](OCSSC(C)(C)CNC(=O)c2ccc(-c3c4cc(C)/c(=N\CC)cc-4oc4cc(NCC)c(C)cc34)c(C(=O)O)c2)C(COP(=O)(O)OP(=O)(O)OP(=O)(O)O)O1. The number of carboxylic acids is 1. The lowest BCUT2D eigenvalue weighted by atomic mass is 9.88. The van der Waals surface area contributed by atoms with Gasteiger partial charge >= 0.3 is 29.4 Å². The van der Waals surface area contributed by atoms with Crippen LogP contribution in [0.25, 0.3) is 33.4 Å². The summed E-state index contributed by atoms with van der Waals surface area (Å²) in [6.45, 7) is 12.4. The highest BCUT2D eigenvalue weighted by atomic mass is 33.1. The molecule has 2 aromatic rings. The Morgan fingerprint density at radius 3 is 2.37 bits per heavy atom. The van der Waals surface area contributed by atoms with Gasteiger partial charge in [0.15, 0.2) is 0 Å². The number of carbonyl (C=O) groups excluding carboxylic acids is 1. The molecule has 1 fully saturated rings. The van der Waals surface area contributed by atoms with Crippen molar-refractivity contribution < 1.29 is 75.0 Å². The number of hydrogen-bond donors (Lipinski definition) is 7. The third-order valence-electron chi connectivity index (χ3n) is 9.35. The highest BCUT2D eigenvalue weighted by molar-refractivity contribution is 8.77. The molecule has 0 spiro atoms. The van der Waals surface area contributed by atoms with Crippen LogP contribution in [0, 0.1) is 13.8 Å². The topological polar surface area (TPSA) is 282 Å². The standard InChI is InChI=1S/C37H49BN3O16P3S2/c1-7-39-27-14-29-25(11-20(27)3)34(26-12-21(4)28(40-8-2)15-30(26)54-29)23-10-9-22(13-24(23)36(43)44)35(42)41-18-37(5,6)62-61-19-52-31-16-33(38)55-32(31)17-53-59(48,49)57-60(50,51)56-58(45,46)47/h9-15,31-33,39H,7-8,16-19,38H2,1-6H3,(H,41,42)(H,43,44)(H,48,49)(H,50,51)(H2,45,46,47)/b40-28-/t31-,32?,33-/m1/s1. The zero-order chi connectivity index (χ0) is 45.8. The van der Waals surface area contributed by atoms with Crippen LogP contribution in [0.5, 0.6) is 0 Å². The largest absolute Gasteiger partial charge is 0.490 e. The molecule has 0 bridgehead atoms. The van der Waals surface area contributed by atoms with Gasteiger partial charge in [-0.1, -0.05) is 27.7 Å². The molecule has 1 amide bonds. The average Bonchev–Trinajstić information content (AvgIpc) is 3.52. The number of carboxylic acid groups (broad SMARTS) is 1. The molecule has 3 unspecified atom stereocenters. The van der Waals surface area contributed by atoms with E-state index >= 15 is 0 Å². The lowest BCUT2D eigenvalue weighted by Gasteiger charge is -2.25. The van der Waals surface area contributed by atoms with E-state index < -0.39 is 58.9 Å². The van der Waals surface area contributed by atoms with Crippen molar-refractivity contribution in [2.45, 2.75) is 70.9 Å². The van der Waals surface area contributed by atoms with Gasteiger partial charge in [0.1, 0.15) is 31.2 Å². The van der Waals surface area contributed by atoms with Crippen molar-refractivity contribution in [3.8, 4) is 22.5 Å². The third-order valence-corrected chi connectivity index (χ3v) is 16.1. The van der Waals surface area contributed by atoms with Crippen molar-refractivity contribution in [2.24, 2.45) is 4.99 Å². The summed E-state index contributed by atoms with van der Waals surface area (Å²) in [6.07, 6.45) is -1.19. The van der Waals surface area contributed by atoms with Crippen molar-refractivity contribution in [2.75, 3.05) is 37.5 Å². The van der Waals surface area contributed by atoms with Gasteiger partial charge in [0.2, 0.25) is 0 Å². The van der Waals surface area contributed by atoms with Gasteiger partial charge in [0.25, 0.3) is 5.91 Å². The number of aryl methyl sites for hydroxylation is 2. The number of fused-ring (bicyclic) bond motifs is 2. The molecule has 0 saturated carbocycles. The molecular weight excluding hydrogens is 910 g/mol. The average molecular weight is 960 g/mol. The molecule has 3 aliphatic rings. The van der Waals surface area contributed by atoms with Crippen LogP contribution < -0.4 is 16.0 Å². The summed E-state index contributed by atoms with van der Waals surface area (Å²) in [6, 6.07) is 12.0. The number of carbonyl (C=O) groups is 2. The van der Waals surface area contributed by atoms with Crippen molar-refractivity contribution in [1.82, 2.24) is 5.32 Å². The Morgan fingerprint density at radius 2 is 1.71 bits per heavy atom. The van der Waals surface area contributed by atoms with E-state index in [2.05, 4.69) is 24.2 Å². The van der Waals surface area contributed by atoms with Crippen LogP contribution in [0.3, 0.4) is 0 Å². The molecule has 0 radical (unpaired) electrons. The second-order valence-electron chi connectivity index (χ2n) is 14.9. The summed E-state index contributed by atoms with van der Waals surface area (Å²) < 4.78 is 64.4. The maximum atomic E-state index is 13.5. The van der Waals surface area contributed by atoms with Gasteiger partial charge in [-0.05, 0) is 88.9 Å². The van der Waals surface area contributed by atoms with Crippen LogP contribution in [0.1, 0.15) is 66.0 Å². The van der Waals surface area contributed by atoms with Crippen LogP contribution in [0.15, 0.2) is 51.9 Å². The molecule has 1 aliphatic carbocycles. The molecule has 1 saturated heterocycles. The van der Waals surface area contributed by atoms with Crippen LogP contribution in [0.4, 0.5) is 5.69 Å². The van der Waals surface area contributed by atoms with Crippen LogP contribution >= 0.6 is 45.1 Å². The van der Waals surface area contributed by atoms with Crippen LogP contribution in [0.2, 0.25) is 0 Å². The number of phosphoric acid groups is 3. The summed E-state index contributed by atoms with van der Waals surface area (Å²) >= 11 is 0. The Labute approximate surface area is 366 Å². The number of phosphoric ester groups is 1. The number of aromatic carboxylic acids is 1. The molecule has 5 rings (SSSR count). The summed E-state index contributed by atoms with van der Waals surface area (Å²) in [7, 11) is -12.1. The van der Waals surface area contributed by atoms with E-state index in [0.717, 1.165) is 22.2 Å². The minimum atomic E-state index is -5.67. The van der Waals surface area contributed by atoms with E-state index in [1.165, 1.54) is 27.7 Å². The van der Waals surface area contributed by atoms with Gasteiger partial charge in [0.05, 0.1) is 23.6 Å². The Balaban J connectivity index is 1.25. The van der Waals surface area contributed by atoms with Gasteiger partial charge in [-0.3, -0.25) is 14.3 Å². The Morgan fingerprint density at radius 1 is 0.984 bits per heavy atom. The van der Waals surface area contributed by atoms with Gasteiger partial charge in [-0.25, -0.2) is 18.5 Å². The van der Waals surface area contributed by atoms with E-state index in [-0.39, 0.29) is 29.6 Å². The molecule has 2 aromatic carbocycles. The minimum absolute atomic E-state index is 0.0632. The molecule has 338 valence electrons.